The second-order valence-corrected chi connectivity index (χ2v) is 2.01. The molecule has 0 aliphatic carbocycles. The molecule has 0 radical (unpaired) electrons. The molecule has 0 atom stereocenters. The molecule has 12 heavy (non-hydrogen) atoms. The van der Waals surface area contributed by atoms with Crippen molar-refractivity contribution >= 4 is 0 Å². The first-order chi connectivity index (χ1) is 5.70. The van der Waals surface area contributed by atoms with Crippen LogP contribution in [0.15, 0.2) is 24.3 Å². The summed E-state index contributed by atoms with van der Waals surface area (Å²) < 4.78 is 28.4. The fourth-order valence-electron chi connectivity index (χ4n) is 0.430. The summed E-state index contributed by atoms with van der Waals surface area (Å²) in [5.41, 5.74) is 0. The molecular weight excluding hydrogens is 162 g/mol. The zero-order valence-corrected chi connectivity index (χ0v) is 7.18. The maximum Gasteiger partial charge on any atom is 0.123 e. The molecule has 0 aromatic heterocycles. The Morgan fingerprint density at radius 1 is 1.08 bits per heavy atom. The first-order valence-electron chi connectivity index (χ1n) is 3.60. The van der Waals surface area contributed by atoms with Gasteiger partial charge in [-0.25, -0.2) is 8.78 Å². The van der Waals surface area contributed by atoms with Crippen LogP contribution in [-0.4, -0.2) is 13.7 Å². The van der Waals surface area contributed by atoms with E-state index in [1.165, 1.54) is 0 Å². The van der Waals surface area contributed by atoms with Crippen molar-refractivity contribution in [3.8, 4) is 0 Å². The second kappa shape index (κ2) is 6.73. The summed E-state index contributed by atoms with van der Waals surface area (Å²) in [5, 5.41) is 0. The molecule has 3 heteroatoms. The third-order valence-corrected chi connectivity index (χ3v) is 1.09. The van der Waals surface area contributed by atoms with Gasteiger partial charge in [-0.2, -0.15) is 0 Å². The highest BCUT2D eigenvalue weighted by Crippen LogP contribution is 1.98. The average Bonchev–Trinajstić information content (AvgIpc) is 2.11. The Labute approximate surface area is 71.0 Å². The summed E-state index contributed by atoms with van der Waals surface area (Å²) in [6.45, 7) is 2.78. The molecule has 0 aliphatic heterocycles. The van der Waals surface area contributed by atoms with Crippen LogP contribution in [0.25, 0.3) is 0 Å². The number of ether oxygens (including phenoxy) is 1. The normalized spacial score (nSPS) is 8.67. The van der Waals surface area contributed by atoms with Crippen LogP contribution in [0, 0.1) is 11.6 Å². The van der Waals surface area contributed by atoms with E-state index in [4.69, 9.17) is 0 Å². The molecule has 0 saturated carbocycles. The SMILES string of the molecule is CCOC.Fc1ccc(F)cc1. The smallest absolute Gasteiger partial charge is 0.123 e. The highest BCUT2D eigenvalue weighted by Gasteiger charge is 1.86. The fourth-order valence-corrected chi connectivity index (χ4v) is 0.430. The van der Waals surface area contributed by atoms with Crippen molar-refractivity contribution in [2.24, 2.45) is 0 Å². The predicted molar refractivity (Wildman–Crippen MR) is 43.9 cm³/mol. The first kappa shape index (κ1) is 11.0. The Morgan fingerprint density at radius 3 is 1.50 bits per heavy atom. The lowest BCUT2D eigenvalue weighted by Crippen LogP contribution is -1.73. The second-order valence-electron chi connectivity index (χ2n) is 2.01. The maximum absolute atomic E-state index is 11.9. The van der Waals surface area contributed by atoms with E-state index in [2.05, 4.69) is 4.74 Å². The quantitative estimate of drug-likeness (QED) is 0.636. The molecule has 0 heterocycles. The zero-order valence-electron chi connectivity index (χ0n) is 7.18. The Kier molecular flexibility index (Phi) is 6.19. The molecule has 1 aromatic rings. The van der Waals surface area contributed by atoms with Gasteiger partial charge in [-0.1, -0.05) is 0 Å². The van der Waals surface area contributed by atoms with Gasteiger partial charge < -0.3 is 4.74 Å². The Bertz CT molecular complexity index is 173. The van der Waals surface area contributed by atoms with Crippen LogP contribution in [0.1, 0.15) is 6.92 Å². The molecule has 0 amide bonds. The summed E-state index contributed by atoms with van der Waals surface area (Å²) in [7, 11) is 1.68. The standard InChI is InChI=1S/C6H4F2.C3H8O/c7-5-1-2-6(8)4-3-5;1-3-4-2/h1-4H;3H2,1-2H3. The van der Waals surface area contributed by atoms with E-state index in [-0.39, 0.29) is 0 Å². The van der Waals surface area contributed by atoms with E-state index in [9.17, 15) is 8.78 Å². The van der Waals surface area contributed by atoms with Gasteiger partial charge in [0.05, 0.1) is 0 Å². The summed E-state index contributed by atoms with van der Waals surface area (Å²) >= 11 is 0. The van der Waals surface area contributed by atoms with Crippen LogP contribution in [0.3, 0.4) is 0 Å². The van der Waals surface area contributed by atoms with E-state index in [1.807, 2.05) is 6.92 Å². The number of hydrogen-bond donors (Lipinski definition) is 0. The molecule has 0 unspecified atom stereocenters. The van der Waals surface area contributed by atoms with Gasteiger partial charge in [0.2, 0.25) is 0 Å². The minimum Gasteiger partial charge on any atom is -0.385 e. The molecule has 0 aliphatic rings. The highest BCUT2D eigenvalue weighted by molar-refractivity contribution is 5.04. The summed E-state index contributed by atoms with van der Waals surface area (Å²) in [5.74, 6) is -0.821. The summed E-state index contributed by atoms with van der Waals surface area (Å²) in [4.78, 5) is 0. The maximum atomic E-state index is 11.9. The molecule has 68 valence electrons. The van der Waals surface area contributed by atoms with Crippen molar-refractivity contribution in [3.63, 3.8) is 0 Å². The lowest BCUT2D eigenvalue weighted by atomic mass is 10.3. The molecule has 0 N–H and O–H groups in total. The first-order valence-corrected chi connectivity index (χ1v) is 3.60. The molecule has 1 aromatic carbocycles. The molecule has 0 fully saturated rings. The van der Waals surface area contributed by atoms with Crippen molar-refractivity contribution in [3.05, 3.63) is 35.9 Å². The van der Waals surface area contributed by atoms with Gasteiger partial charge in [0.25, 0.3) is 0 Å². The molecule has 0 spiro atoms. The van der Waals surface area contributed by atoms with Gasteiger partial charge in [-0.05, 0) is 31.2 Å². The van der Waals surface area contributed by atoms with Gasteiger partial charge >= 0.3 is 0 Å². The van der Waals surface area contributed by atoms with Crippen LogP contribution in [0.5, 0.6) is 0 Å². The Hall–Kier alpha value is -0.960. The van der Waals surface area contributed by atoms with Crippen molar-refractivity contribution in [1.29, 1.82) is 0 Å². The largest absolute Gasteiger partial charge is 0.385 e. The molecule has 1 nitrogen and oxygen atoms in total. The van der Waals surface area contributed by atoms with E-state index < -0.39 is 11.6 Å². The van der Waals surface area contributed by atoms with Crippen LogP contribution < -0.4 is 0 Å². The summed E-state index contributed by atoms with van der Waals surface area (Å²) in [6.07, 6.45) is 0. The van der Waals surface area contributed by atoms with Crippen LogP contribution in [0.2, 0.25) is 0 Å². The van der Waals surface area contributed by atoms with Crippen molar-refractivity contribution < 1.29 is 13.5 Å². The van der Waals surface area contributed by atoms with Gasteiger partial charge in [-0.3, -0.25) is 0 Å². The molecule has 0 saturated heterocycles. The number of hydrogen-bond acceptors (Lipinski definition) is 1. The van der Waals surface area contributed by atoms with Gasteiger partial charge in [0.15, 0.2) is 0 Å². The topological polar surface area (TPSA) is 9.23 Å². The van der Waals surface area contributed by atoms with Crippen LogP contribution in [-0.2, 0) is 4.74 Å². The fraction of sp³-hybridized carbons (Fsp3) is 0.333. The van der Waals surface area contributed by atoms with E-state index in [0.29, 0.717) is 0 Å². The van der Waals surface area contributed by atoms with E-state index >= 15 is 0 Å². The van der Waals surface area contributed by atoms with Gasteiger partial charge in [0.1, 0.15) is 11.6 Å². The highest BCUT2D eigenvalue weighted by atomic mass is 19.1. The third-order valence-electron chi connectivity index (χ3n) is 1.09. The van der Waals surface area contributed by atoms with E-state index in [0.717, 1.165) is 30.9 Å². The Morgan fingerprint density at radius 2 is 1.33 bits per heavy atom. The number of halogens is 2. The van der Waals surface area contributed by atoms with Gasteiger partial charge in [0, 0.05) is 13.7 Å². The lowest BCUT2D eigenvalue weighted by molar-refractivity contribution is 0.215. The van der Waals surface area contributed by atoms with E-state index in [1.54, 1.807) is 7.11 Å². The Balaban J connectivity index is 0.000000261. The van der Waals surface area contributed by atoms with Crippen LogP contribution in [0.4, 0.5) is 8.78 Å². The lowest BCUT2D eigenvalue weighted by Gasteiger charge is -1.83. The van der Waals surface area contributed by atoms with Crippen molar-refractivity contribution in [2.45, 2.75) is 6.92 Å². The minimum atomic E-state index is -0.411. The monoisotopic (exact) mass is 174 g/mol. The predicted octanol–water partition coefficient (Wildman–Crippen LogP) is 2.62. The number of rotatable bonds is 1. The molecule has 0 bridgehead atoms. The number of methoxy groups -OCH3 is 1. The molecule has 1 rings (SSSR count). The zero-order chi connectivity index (χ0) is 9.40. The van der Waals surface area contributed by atoms with Crippen molar-refractivity contribution in [2.75, 3.05) is 13.7 Å². The van der Waals surface area contributed by atoms with Gasteiger partial charge in [-0.15, -0.1) is 0 Å². The molecular formula is C9H12F2O. The van der Waals surface area contributed by atoms with Crippen LogP contribution >= 0.6 is 0 Å². The number of benzene rings is 1. The third kappa shape index (κ3) is 5.80. The average molecular weight is 174 g/mol. The summed E-state index contributed by atoms with van der Waals surface area (Å²) in [6, 6.07) is 4.31. The minimum absolute atomic E-state index is 0.411. The van der Waals surface area contributed by atoms with Crippen molar-refractivity contribution in [1.82, 2.24) is 0 Å².